The number of aryl methyl sites for hydroxylation is 1. The van der Waals surface area contributed by atoms with E-state index in [1.54, 1.807) is 14.0 Å². The summed E-state index contributed by atoms with van der Waals surface area (Å²) in [7, 11) is 1.61. The van der Waals surface area contributed by atoms with Gasteiger partial charge in [0.05, 0.1) is 24.7 Å². The largest absolute Gasteiger partial charge is 0.497 e. The number of fused-ring (bicyclic) bond motifs is 1. The molecule has 0 aliphatic heterocycles. The van der Waals surface area contributed by atoms with Crippen LogP contribution in [0.5, 0.6) is 5.75 Å². The van der Waals surface area contributed by atoms with E-state index in [-0.39, 0.29) is 0 Å². The number of hydrogen-bond acceptors (Lipinski definition) is 6. The van der Waals surface area contributed by atoms with E-state index in [1.807, 2.05) is 22.8 Å². The minimum Gasteiger partial charge on any atom is -0.497 e. The minimum atomic E-state index is 0.408. The Bertz CT molecular complexity index is 731. The van der Waals surface area contributed by atoms with Gasteiger partial charge < -0.3 is 19.6 Å². The number of nitrogens with two attached hydrogens (primary N) is 1. The summed E-state index contributed by atoms with van der Waals surface area (Å²) in [6, 6.07) is 5.61. The summed E-state index contributed by atoms with van der Waals surface area (Å²) in [4.78, 5) is 8.46. The van der Waals surface area contributed by atoms with Gasteiger partial charge in [0.25, 0.3) is 0 Å². The second kappa shape index (κ2) is 4.27. The van der Waals surface area contributed by atoms with E-state index < -0.39 is 0 Å². The van der Waals surface area contributed by atoms with Gasteiger partial charge >= 0.3 is 0 Å². The number of benzene rings is 1. The van der Waals surface area contributed by atoms with Crippen LogP contribution in [0.1, 0.15) is 11.7 Å². The van der Waals surface area contributed by atoms with Gasteiger partial charge in [0, 0.05) is 13.0 Å². The number of nitrogens with zero attached hydrogens (tertiary/aromatic N) is 4. The molecule has 7 heteroatoms. The van der Waals surface area contributed by atoms with Crippen molar-refractivity contribution in [2.24, 2.45) is 0 Å². The summed E-state index contributed by atoms with van der Waals surface area (Å²) in [5.41, 5.74) is 7.60. The van der Waals surface area contributed by atoms with Gasteiger partial charge in [-0.25, -0.2) is 4.98 Å². The molecule has 0 unspecified atom stereocenters. The predicted molar refractivity (Wildman–Crippen MR) is 68.8 cm³/mol. The molecule has 0 aliphatic rings. The van der Waals surface area contributed by atoms with Crippen molar-refractivity contribution in [1.82, 2.24) is 19.7 Å². The molecule has 98 valence electrons. The number of aromatic nitrogens is 4. The molecule has 2 N–H and O–H groups in total. The van der Waals surface area contributed by atoms with Crippen molar-refractivity contribution >= 4 is 17.0 Å². The Kier molecular flexibility index (Phi) is 2.59. The Labute approximate surface area is 109 Å². The highest BCUT2D eigenvalue weighted by molar-refractivity contribution is 5.80. The van der Waals surface area contributed by atoms with Crippen LogP contribution in [0.2, 0.25) is 0 Å². The molecule has 0 atom stereocenters. The fraction of sp³-hybridized carbons (Fsp3) is 0.250. The van der Waals surface area contributed by atoms with Crippen LogP contribution < -0.4 is 10.5 Å². The Hall–Kier alpha value is -2.57. The summed E-state index contributed by atoms with van der Waals surface area (Å²) in [6.45, 7) is 2.17. The summed E-state index contributed by atoms with van der Waals surface area (Å²) in [6.07, 6.45) is 0. The van der Waals surface area contributed by atoms with Gasteiger partial charge in [-0.05, 0) is 12.1 Å². The Morgan fingerprint density at radius 3 is 2.89 bits per heavy atom. The molecule has 0 spiro atoms. The first-order valence-corrected chi connectivity index (χ1v) is 5.76. The zero-order valence-electron chi connectivity index (χ0n) is 10.6. The number of nitrogen functional groups attached to an aromatic ring is 1. The van der Waals surface area contributed by atoms with Gasteiger partial charge in [-0.15, -0.1) is 0 Å². The normalized spacial score (nSPS) is 11.1. The molecule has 2 aromatic heterocycles. The van der Waals surface area contributed by atoms with E-state index in [0.717, 1.165) is 16.8 Å². The fourth-order valence-corrected chi connectivity index (χ4v) is 1.97. The lowest BCUT2D eigenvalue weighted by Crippen LogP contribution is -2.05. The first-order chi connectivity index (χ1) is 9.17. The third-order valence-electron chi connectivity index (χ3n) is 2.85. The summed E-state index contributed by atoms with van der Waals surface area (Å²) in [5, 5.41) is 3.86. The van der Waals surface area contributed by atoms with E-state index in [0.29, 0.717) is 24.2 Å². The lowest BCUT2D eigenvalue weighted by atomic mass is 10.3. The predicted octanol–water partition coefficient (Wildman–Crippen LogP) is 1.37. The quantitative estimate of drug-likeness (QED) is 0.763. The van der Waals surface area contributed by atoms with E-state index >= 15 is 0 Å². The average Bonchev–Trinajstić information content (AvgIpc) is 2.94. The second-order valence-electron chi connectivity index (χ2n) is 4.14. The topological polar surface area (TPSA) is 92.0 Å². The molecular formula is C12H13N5O2. The number of imidazole rings is 1. The SMILES string of the molecule is COc1ccc2c(c1)nc(N)n2Cc1noc(C)n1. The molecule has 0 aliphatic carbocycles. The lowest BCUT2D eigenvalue weighted by Gasteiger charge is -2.03. The van der Waals surface area contributed by atoms with Gasteiger partial charge in [-0.2, -0.15) is 4.98 Å². The van der Waals surface area contributed by atoms with Crippen LogP contribution >= 0.6 is 0 Å². The molecule has 0 fully saturated rings. The van der Waals surface area contributed by atoms with Gasteiger partial charge in [-0.1, -0.05) is 5.16 Å². The summed E-state index contributed by atoms with van der Waals surface area (Å²) < 4.78 is 11.9. The number of hydrogen-bond donors (Lipinski definition) is 1. The highest BCUT2D eigenvalue weighted by atomic mass is 16.5. The maximum Gasteiger partial charge on any atom is 0.223 e. The van der Waals surface area contributed by atoms with E-state index in [9.17, 15) is 0 Å². The molecule has 1 aromatic carbocycles. The monoisotopic (exact) mass is 259 g/mol. The van der Waals surface area contributed by atoms with Crippen LogP contribution in [-0.4, -0.2) is 26.8 Å². The summed E-state index contributed by atoms with van der Waals surface area (Å²) >= 11 is 0. The number of methoxy groups -OCH3 is 1. The van der Waals surface area contributed by atoms with Crippen LogP contribution in [0.4, 0.5) is 5.95 Å². The molecule has 0 amide bonds. The van der Waals surface area contributed by atoms with Gasteiger partial charge in [0.2, 0.25) is 11.8 Å². The summed E-state index contributed by atoms with van der Waals surface area (Å²) in [5.74, 6) is 2.25. The Morgan fingerprint density at radius 1 is 1.37 bits per heavy atom. The van der Waals surface area contributed by atoms with Crippen molar-refractivity contribution in [1.29, 1.82) is 0 Å². The molecule has 3 rings (SSSR count). The molecule has 7 nitrogen and oxygen atoms in total. The molecule has 0 saturated carbocycles. The first-order valence-electron chi connectivity index (χ1n) is 5.76. The third-order valence-corrected chi connectivity index (χ3v) is 2.85. The van der Waals surface area contributed by atoms with Gasteiger partial charge in [0.15, 0.2) is 5.82 Å². The second-order valence-corrected chi connectivity index (χ2v) is 4.14. The first kappa shape index (κ1) is 11.5. The van der Waals surface area contributed by atoms with E-state index in [1.165, 1.54) is 0 Å². The minimum absolute atomic E-state index is 0.408. The van der Waals surface area contributed by atoms with Crippen molar-refractivity contribution in [2.75, 3.05) is 12.8 Å². The zero-order valence-corrected chi connectivity index (χ0v) is 10.6. The van der Waals surface area contributed by atoms with Crippen LogP contribution in [0.25, 0.3) is 11.0 Å². The van der Waals surface area contributed by atoms with Crippen LogP contribution in [0.3, 0.4) is 0 Å². The van der Waals surface area contributed by atoms with E-state index in [2.05, 4.69) is 15.1 Å². The zero-order chi connectivity index (χ0) is 13.4. The highest BCUT2D eigenvalue weighted by Gasteiger charge is 2.12. The van der Waals surface area contributed by atoms with Crippen LogP contribution in [0.15, 0.2) is 22.7 Å². The smallest absolute Gasteiger partial charge is 0.223 e. The van der Waals surface area contributed by atoms with Crippen molar-refractivity contribution in [3.05, 3.63) is 29.9 Å². The number of rotatable bonds is 3. The number of anilines is 1. The molecule has 0 saturated heterocycles. The van der Waals surface area contributed by atoms with Gasteiger partial charge in [0.1, 0.15) is 5.75 Å². The number of ether oxygens (including phenoxy) is 1. The third kappa shape index (κ3) is 1.99. The molecule has 2 heterocycles. The Morgan fingerprint density at radius 2 is 2.21 bits per heavy atom. The molecular weight excluding hydrogens is 246 g/mol. The van der Waals surface area contributed by atoms with Crippen LogP contribution in [0, 0.1) is 6.92 Å². The molecule has 0 radical (unpaired) electrons. The van der Waals surface area contributed by atoms with E-state index in [4.69, 9.17) is 15.0 Å². The van der Waals surface area contributed by atoms with Crippen LogP contribution in [-0.2, 0) is 6.54 Å². The Balaban J connectivity index is 2.05. The standard InChI is InChI=1S/C12H13N5O2/c1-7-14-11(16-19-7)6-17-10-4-3-8(18-2)5-9(10)15-12(17)13/h3-5H,6H2,1-2H3,(H2,13,15). The maximum atomic E-state index is 5.92. The highest BCUT2D eigenvalue weighted by Crippen LogP contribution is 2.23. The fourth-order valence-electron chi connectivity index (χ4n) is 1.97. The van der Waals surface area contributed by atoms with Crippen molar-refractivity contribution < 1.29 is 9.26 Å². The van der Waals surface area contributed by atoms with Gasteiger partial charge in [-0.3, -0.25) is 0 Å². The lowest BCUT2D eigenvalue weighted by molar-refractivity contribution is 0.386. The van der Waals surface area contributed by atoms with Crippen molar-refractivity contribution in [3.63, 3.8) is 0 Å². The van der Waals surface area contributed by atoms with Crippen molar-refractivity contribution in [3.8, 4) is 5.75 Å². The molecule has 3 aromatic rings. The maximum absolute atomic E-state index is 5.92. The average molecular weight is 259 g/mol. The molecule has 0 bridgehead atoms. The molecule has 19 heavy (non-hydrogen) atoms. The van der Waals surface area contributed by atoms with Crippen molar-refractivity contribution in [2.45, 2.75) is 13.5 Å².